The van der Waals surface area contributed by atoms with Gasteiger partial charge in [-0.25, -0.2) is 9.59 Å². The molecule has 0 aromatic heterocycles. The van der Waals surface area contributed by atoms with E-state index in [1.54, 1.807) is 0 Å². The molecule has 0 saturated carbocycles. The van der Waals surface area contributed by atoms with Crippen LogP contribution in [0, 0.1) is 0 Å². The third-order valence-electron chi connectivity index (χ3n) is 4.67. The van der Waals surface area contributed by atoms with Crippen LogP contribution in [0.15, 0.2) is 72.1 Å². The molecule has 2 unspecified atom stereocenters. The van der Waals surface area contributed by atoms with Crippen molar-refractivity contribution in [3.8, 4) is 0 Å². The summed E-state index contributed by atoms with van der Waals surface area (Å²) in [5.74, 6) is -0.214. The Bertz CT molecular complexity index is 930. The first-order chi connectivity index (χ1) is 14.9. The lowest BCUT2D eigenvalue weighted by atomic mass is 10.1. The predicted octanol–water partition coefficient (Wildman–Crippen LogP) is 4.87. The molecule has 0 aliphatic heterocycles. The minimum Gasteiger partial charge on any atom is -0.466 e. The van der Waals surface area contributed by atoms with Crippen molar-refractivity contribution in [1.82, 2.24) is 5.32 Å². The van der Waals surface area contributed by atoms with Crippen LogP contribution in [0.2, 0.25) is 0 Å². The van der Waals surface area contributed by atoms with Gasteiger partial charge in [-0.05, 0) is 30.9 Å². The first kappa shape index (κ1) is 24.4. The van der Waals surface area contributed by atoms with E-state index in [9.17, 15) is 14.2 Å². The van der Waals surface area contributed by atoms with Gasteiger partial charge in [0.05, 0.1) is 7.11 Å². The smallest absolute Gasteiger partial charge is 0.408 e. The average molecular weight is 445 g/mol. The van der Waals surface area contributed by atoms with E-state index >= 15 is 0 Å². The van der Waals surface area contributed by atoms with E-state index < -0.39 is 25.2 Å². The van der Waals surface area contributed by atoms with Crippen LogP contribution in [0.4, 0.5) is 4.79 Å². The predicted molar refractivity (Wildman–Crippen MR) is 119 cm³/mol. The Hall–Kier alpha value is -2.89. The third kappa shape index (κ3) is 7.70. The zero-order valence-corrected chi connectivity index (χ0v) is 18.8. The highest BCUT2D eigenvalue weighted by molar-refractivity contribution is 7.63. The molecule has 2 aromatic rings. The summed E-state index contributed by atoms with van der Waals surface area (Å²) < 4.78 is 28.6. The Kier molecular flexibility index (Phi) is 9.50. The number of amides is 1. The fourth-order valence-corrected chi connectivity index (χ4v) is 4.44. The second kappa shape index (κ2) is 12.1. The number of nitrogens with one attached hydrogen (secondary N) is 1. The molecule has 8 heteroatoms. The molecule has 2 atom stereocenters. The molecule has 1 N–H and O–H groups in total. The van der Waals surface area contributed by atoms with Crippen LogP contribution in [0.3, 0.4) is 0 Å². The quantitative estimate of drug-likeness (QED) is 0.319. The van der Waals surface area contributed by atoms with Gasteiger partial charge in [-0.3, -0.25) is 4.57 Å². The van der Waals surface area contributed by atoms with Crippen LogP contribution in [0.25, 0.3) is 0 Å². The van der Waals surface area contributed by atoms with Gasteiger partial charge in [0.2, 0.25) is 7.37 Å². The third-order valence-corrected chi connectivity index (χ3v) is 7.12. The normalized spacial score (nSPS) is 14.2. The van der Waals surface area contributed by atoms with Gasteiger partial charge in [-0.2, -0.15) is 0 Å². The maximum Gasteiger partial charge on any atom is 0.408 e. The second-order valence-corrected chi connectivity index (χ2v) is 9.53. The lowest BCUT2D eigenvalue weighted by Gasteiger charge is -2.22. The summed E-state index contributed by atoms with van der Waals surface area (Å²) in [5.41, 5.74) is 2.08. The Morgan fingerprint density at radius 1 is 1.00 bits per heavy atom. The van der Waals surface area contributed by atoms with Crippen molar-refractivity contribution in [3.05, 3.63) is 83.2 Å². The van der Waals surface area contributed by atoms with Crippen molar-refractivity contribution < 1.29 is 28.2 Å². The van der Waals surface area contributed by atoms with E-state index in [4.69, 9.17) is 14.0 Å². The van der Waals surface area contributed by atoms with E-state index in [-0.39, 0.29) is 12.2 Å². The second-order valence-electron chi connectivity index (χ2n) is 6.84. The number of benzene rings is 2. The number of esters is 1. The number of alkyl carbamates (subject to hydrolysis) is 1. The topological polar surface area (TPSA) is 90.9 Å². The summed E-state index contributed by atoms with van der Waals surface area (Å²) in [7, 11) is -1.02. The van der Waals surface area contributed by atoms with Crippen molar-refractivity contribution in [3.63, 3.8) is 0 Å². The van der Waals surface area contributed by atoms with Crippen molar-refractivity contribution in [2.45, 2.75) is 32.2 Å². The largest absolute Gasteiger partial charge is 0.466 e. The van der Waals surface area contributed by atoms with E-state index in [0.717, 1.165) is 11.1 Å². The molecule has 166 valence electrons. The first-order valence-electron chi connectivity index (χ1n) is 9.84. The Morgan fingerprint density at radius 3 is 2.13 bits per heavy atom. The van der Waals surface area contributed by atoms with Gasteiger partial charge in [0.25, 0.3) is 0 Å². The highest BCUT2D eigenvalue weighted by Crippen LogP contribution is 2.52. The highest BCUT2D eigenvalue weighted by atomic mass is 31.2. The van der Waals surface area contributed by atoms with Crippen LogP contribution in [0.1, 0.15) is 24.5 Å². The minimum atomic E-state index is -3.56. The van der Waals surface area contributed by atoms with Gasteiger partial charge in [0, 0.05) is 18.5 Å². The molecule has 0 radical (unpaired) electrons. The van der Waals surface area contributed by atoms with Crippen molar-refractivity contribution >= 4 is 19.4 Å². The summed E-state index contributed by atoms with van der Waals surface area (Å²) in [6.07, 6.45) is 0.146. The number of carbonyl (C=O) groups excluding carboxylic acids is 2. The van der Waals surface area contributed by atoms with Gasteiger partial charge in [0.1, 0.15) is 12.4 Å². The number of hydrogen-bond acceptors (Lipinski definition) is 6. The fraction of sp³-hybridized carbons (Fsp3) is 0.304. The van der Waals surface area contributed by atoms with E-state index in [2.05, 4.69) is 5.32 Å². The standard InChI is InChI=1S/C23H28NO6P/c1-18(24-23(26)30-16-20-12-8-5-9-13-20)31(27,29-3)17-21(22(25)28-2)15-14-19-10-6-4-7-11-19/h4-13,17-18H,14-16H2,1-3H3,(H,24,26)/b21-17-. The number of ether oxygens (including phenoxy) is 2. The number of hydrogen-bond donors (Lipinski definition) is 1. The molecule has 0 saturated heterocycles. The SMILES string of the molecule is COC(=O)/C(=C\P(=O)(OC)C(C)NC(=O)OCc1ccccc1)CCc1ccccc1. The zero-order valence-electron chi connectivity index (χ0n) is 17.9. The van der Waals surface area contributed by atoms with Crippen LogP contribution in [-0.4, -0.2) is 32.1 Å². The zero-order chi connectivity index (χ0) is 22.7. The molecule has 0 heterocycles. The minimum absolute atomic E-state index is 0.0804. The number of methoxy groups -OCH3 is 1. The molecular weight excluding hydrogens is 417 g/mol. The van der Waals surface area contributed by atoms with Gasteiger partial charge < -0.3 is 19.3 Å². The summed E-state index contributed by atoms with van der Waals surface area (Å²) in [4.78, 5) is 24.4. The van der Waals surface area contributed by atoms with Gasteiger partial charge >= 0.3 is 12.1 Å². The average Bonchev–Trinajstić information content (AvgIpc) is 2.81. The van der Waals surface area contributed by atoms with E-state index in [0.29, 0.717) is 12.8 Å². The van der Waals surface area contributed by atoms with Crippen LogP contribution in [0.5, 0.6) is 0 Å². The Morgan fingerprint density at radius 2 is 1.58 bits per heavy atom. The summed E-state index contributed by atoms with van der Waals surface area (Å²) in [6.45, 7) is 1.62. The molecule has 31 heavy (non-hydrogen) atoms. The molecule has 0 fully saturated rings. The van der Waals surface area contributed by atoms with Crippen LogP contribution >= 0.6 is 7.37 Å². The molecule has 0 aliphatic carbocycles. The van der Waals surface area contributed by atoms with Gasteiger partial charge in [0.15, 0.2) is 0 Å². The number of carbonyl (C=O) groups is 2. The summed E-state index contributed by atoms with van der Waals surface area (Å²) in [5, 5.41) is 2.53. The molecule has 0 bridgehead atoms. The van der Waals surface area contributed by atoms with Crippen molar-refractivity contribution in [1.29, 1.82) is 0 Å². The Balaban J connectivity index is 2.07. The highest BCUT2D eigenvalue weighted by Gasteiger charge is 2.31. The molecule has 0 spiro atoms. The van der Waals surface area contributed by atoms with Gasteiger partial charge in [-0.1, -0.05) is 60.7 Å². The lowest BCUT2D eigenvalue weighted by Crippen LogP contribution is -2.33. The summed E-state index contributed by atoms with van der Waals surface area (Å²) >= 11 is 0. The molecule has 2 rings (SSSR count). The maximum absolute atomic E-state index is 13.4. The lowest BCUT2D eigenvalue weighted by molar-refractivity contribution is -0.136. The van der Waals surface area contributed by atoms with Crippen LogP contribution < -0.4 is 5.32 Å². The maximum atomic E-state index is 13.4. The first-order valence-corrected chi connectivity index (χ1v) is 11.6. The van der Waals surface area contributed by atoms with Crippen molar-refractivity contribution in [2.24, 2.45) is 0 Å². The molecule has 7 nitrogen and oxygen atoms in total. The van der Waals surface area contributed by atoms with Gasteiger partial charge in [-0.15, -0.1) is 0 Å². The Labute approximate surface area is 182 Å². The van der Waals surface area contributed by atoms with Crippen molar-refractivity contribution in [2.75, 3.05) is 14.2 Å². The van der Waals surface area contributed by atoms with Crippen LogP contribution in [-0.2, 0) is 36.4 Å². The van der Waals surface area contributed by atoms with E-state index in [1.165, 1.54) is 27.0 Å². The number of aryl methyl sites for hydroxylation is 1. The number of rotatable bonds is 10. The van der Waals surface area contributed by atoms with E-state index in [1.807, 2.05) is 60.7 Å². The molecule has 1 amide bonds. The summed E-state index contributed by atoms with van der Waals surface area (Å²) in [6, 6.07) is 18.8. The fourth-order valence-electron chi connectivity index (χ4n) is 2.84. The molecule has 2 aromatic carbocycles. The molecule has 0 aliphatic rings. The monoisotopic (exact) mass is 445 g/mol. The molecular formula is C23H28NO6P.